The molecular formula is C12H13N3O2S2. The zero-order valence-electron chi connectivity index (χ0n) is 10.1. The number of aliphatic imine (C=N–C) groups is 1. The van der Waals surface area contributed by atoms with Crippen molar-refractivity contribution < 1.29 is 8.42 Å². The van der Waals surface area contributed by atoms with Gasteiger partial charge in [0, 0.05) is 5.25 Å². The van der Waals surface area contributed by atoms with E-state index in [4.69, 9.17) is 0 Å². The van der Waals surface area contributed by atoms with E-state index < -0.39 is 9.84 Å². The molecule has 0 amide bonds. The molecule has 3 rings (SSSR count). The van der Waals surface area contributed by atoms with Crippen LogP contribution in [-0.2, 0) is 9.84 Å². The van der Waals surface area contributed by atoms with Crippen molar-refractivity contribution in [3.8, 4) is 0 Å². The maximum atomic E-state index is 11.4. The van der Waals surface area contributed by atoms with Crippen LogP contribution in [0, 0.1) is 0 Å². The smallest absolute Gasteiger partial charge is 0.177 e. The van der Waals surface area contributed by atoms with Crippen LogP contribution in [0.5, 0.6) is 0 Å². The SMILES string of the molecule is O=S1(=O)C[C@@H]2SC(N/N=C\c3ccccc3)=N[C@@H]2C1. The molecule has 1 aromatic carbocycles. The zero-order chi connectivity index (χ0) is 13.3. The van der Waals surface area contributed by atoms with Crippen LogP contribution in [-0.4, -0.2) is 42.6 Å². The molecule has 100 valence electrons. The van der Waals surface area contributed by atoms with E-state index in [1.54, 1.807) is 6.21 Å². The Morgan fingerprint density at radius 1 is 1.32 bits per heavy atom. The highest BCUT2D eigenvalue weighted by atomic mass is 32.2. The highest BCUT2D eigenvalue weighted by molar-refractivity contribution is 8.15. The van der Waals surface area contributed by atoms with Crippen LogP contribution < -0.4 is 5.43 Å². The normalized spacial score (nSPS) is 28.3. The van der Waals surface area contributed by atoms with Gasteiger partial charge in [-0.05, 0) is 5.56 Å². The molecule has 1 aromatic rings. The second-order valence-electron chi connectivity index (χ2n) is 4.52. The fraction of sp³-hybridized carbons (Fsp3) is 0.333. The Kier molecular flexibility index (Phi) is 3.32. The maximum absolute atomic E-state index is 11.4. The third kappa shape index (κ3) is 2.98. The van der Waals surface area contributed by atoms with Gasteiger partial charge < -0.3 is 0 Å². The summed E-state index contributed by atoms with van der Waals surface area (Å²) in [6, 6.07) is 9.64. The number of hydrazone groups is 1. The molecule has 7 heteroatoms. The Morgan fingerprint density at radius 3 is 2.84 bits per heavy atom. The summed E-state index contributed by atoms with van der Waals surface area (Å²) in [6.45, 7) is 0. The summed E-state index contributed by atoms with van der Waals surface area (Å²) in [7, 11) is -2.89. The molecule has 2 aliphatic rings. The lowest BCUT2D eigenvalue weighted by Crippen LogP contribution is -2.15. The van der Waals surface area contributed by atoms with Gasteiger partial charge >= 0.3 is 0 Å². The number of hydrogen-bond donors (Lipinski definition) is 1. The van der Waals surface area contributed by atoms with Gasteiger partial charge in [0.15, 0.2) is 15.0 Å². The van der Waals surface area contributed by atoms with Gasteiger partial charge in [-0.1, -0.05) is 42.1 Å². The van der Waals surface area contributed by atoms with E-state index >= 15 is 0 Å². The van der Waals surface area contributed by atoms with Crippen molar-refractivity contribution in [3.05, 3.63) is 35.9 Å². The minimum atomic E-state index is -2.89. The summed E-state index contributed by atoms with van der Waals surface area (Å²) in [5.74, 6) is 0.387. The van der Waals surface area contributed by atoms with Gasteiger partial charge in [0.25, 0.3) is 0 Å². The number of amidine groups is 1. The summed E-state index contributed by atoms with van der Waals surface area (Å²) < 4.78 is 22.8. The Hall–Kier alpha value is -1.34. The highest BCUT2D eigenvalue weighted by Crippen LogP contribution is 2.33. The fourth-order valence-corrected chi connectivity index (χ4v) is 5.72. The van der Waals surface area contributed by atoms with E-state index in [2.05, 4.69) is 15.5 Å². The first-order chi connectivity index (χ1) is 9.12. The molecule has 2 atom stereocenters. The topological polar surface area (TPSA) is 70.9 Å². The Bertz CT molecular complexity index is 626. The second kappa shape index (κ2) is 4.97. The van der Waals surface area contributed by atoms with Gasteiger partial charge in [-0.3, -0.25) is 10.4 Å². The largest absolute Gasteiger partial charge is 0.256 e. The van der Waals surface area contributed by atoms with Crippen LogP contribution in [0.1, 0.15) is 5.56 Å². The van der Waals surface area contributed by atoms with Gasteiger partial charge in [0.1, 0.15) is 0 Å². The molecule has 0 radical (unpaired) electrons. The van der Waals surface area contributed by atoms with Gasteiger partial charge in [-0.25, -0.2) is 8.42 Å². The number of nitrogens with one attached hydrogen (secondary N) is 1. The molecule has 1 N–H and O–H groups in total. The molecule has 0 aliphatic carbocycles. The summed E-state index contributed by atoms with van der Waals surface area (Å²) >= 11 is 1.46. The van der Waals surface area contributed by atoms with Crippen LogP contribution in [0.2, 0.25) is 0 Å². The van der Waals surface area contributed by atoms with Gasteiger partial charge in [-0.15, -0.1) is 0 Å². The number of fused-ring (bicyclic) bond motifs is 1. The minimum absolute atomic E-state index is 0.0550. The Labute approximate surface area is 116 Å². The molecular weight excluding hydrogens is 282 g/mol. The van der Waals surface area contributed by atoms with E-state index in [0.717, 1.165) is 5.56 Å². The first-order valence-electron chi connectivity index (χ1n) is 5.91. The lowest BCUT2D eigenvalue weighted by molar-refractivity contribution is 0.601. The molecule has 2 aliphatic heterocycles. The van der Waals surface area contributed by atoms with E-state index in [0.29, 0.717) is 5.17 Å². The lowest BCUT2D eigenvalue weighted by atomic mass is 10.2. The zero-order valence-corrected chi connectivity index (χ0v) is 11.7. The molecule has 1 fully saturated rings. The van der Waals surface area contributed by atoms with E-state index in [1.807, 2.05) is 30.3 Å². The van der Waals surface area contributed by atoms with Crippen molar-refractivity contribution in [2.24, 2.45) is 10.1 Å². The quantitative estimate of drug-likeness (QED) is 0.649. The summed E-state index contributed by atoms with van der Waals surface area (Å²) in [5.41, 5.74) is 3.87. The summed E-state index contributed by atoms with van der Waals surface area (Å²) in [6.07, 6.45) is 1.72. The number of thioether (sulfide) groups is 1. The van der Waals surface area contributed by atoms with E-state index in [1.165, 1.54) is 11.8 Å². The number of sulfone groups is 1. The van der Waals surface area contributed by atoms with Crippen molar-refractivity contribution in [3.63, 3.8) is 0 Å². The third-order valence-corrected chi connectivity index (χ3v) is 6.12. The van der Waals surface area contributed by atoms with Crippen LogP contribution in [0.4, 0.5) is 0 Å². The molecule has 5 nitrogen and oxygen atoms in total. The van der Waals surface area contributed by atoms with Gasteiger partial charge in [0.2, 0.25) is 0 Å². The second-order valence-corrected chi connectivity index (χ2v) is 7.90. The van der Waals surface area contributed by atoms with Crippen LogP contribution in [0.15, 0.2) is 40.4 Å². The van der Waals surface area contributed by atoms with E-state index in [-0.39, 0.29) is 22.8 Å². The highest BCUT2D eigenvalue weighted by Gasteiger charge is 2.42. The first-order valence-corrected chi connectivity index (χ1v) is 8.61. The lowest BCUT2D eigenvalue weighted by Gasteiger charge is -2.01. The number of hydrogen-bond acceptors (Lipinski definition) is 6. The number of rotatable bonds is 2. The van der Waals surface area contributed by atoms with Crippen LogP contribution in [0.3, 0.4) is 0 Å². The predicted octanol–water partition coefficient (Wildman–Crippen LogP) is 0.879. The molecule has 0 unspecified atom stereocenters. The molecule has 19 heavy (non-hydrogen) atoms. The third-order valence-electron chi connectivity index (χ3n) is 2.99. The van der Waals surface area contributed by atoms with Gasteiger partial charge in [0.05, 0.1) is 23.8 Å². The van der Waals surface area contributed by atoms with Crippen molar-refractivity contribution in [2.75, 3.05) is 11.5 Å². The van der Waals surface area contributed by atoms with Crippen LogP contribution >= 0.6 is 11.8 Å². The monoisotopic (exact) mass is 295 g/mol. The average Bonchev–Trinajstić information content (AvgIpc) is 2.83. The predicted molar refractivity (Wildman–Crippen MR) is 78.4 cm³/mol. The van der Waals surface area contributed by atoms with Crippen molar-refractivity contribution in [2.45, 2.75) is 11.3 Å². The molecule has 0 saturated carbocycles. The average molecular weight is 295 g/mol. The van der Waals surface area contributed by atoms with Crippen molar-refractivity contribution >= 4 is 33.0 Å². The first kappa shape index (κ1) is 12.7. The molecule has 0 bridgehead atoms. The number of nitrogens with zero attached hydrogens (tertiary/aromatic N) is 2. The fourth-order valence-electron chi connectivity index (χ4n) is 2.11. The van der Waals surface area contributed by atoms with Crippen molar-refractivity contribution in [1.82, 2.24) is 5.43 Å². The molecule has 2 heterocycles. The summed E-state index contributed by atoms with van der Waals surface area (Å²) in [4.78, 5) is 4.35. The van der Waals surface area contributed by atoms with E-state index in [9.17, 15) is 8.42 Å². The molecule has 1 saturated heterocycles. The van der Waals surface area contributed by atoms with Crippen LogP contribution in [0.25, 0.3) is 0 Å². The number of benzene rings is 1. The minimum Gasteiger partial charge on any atom is -0.256 e. The maximum Gasteiger partial charge on any atom is 0.177 e. The molecule has 0 aromatic heterocycles. The Balaban J connectivity index is 1.60. The van der Waals surface area contributed by atoms with Gasteiger partial charge in [-0.2, -0.15) is 5.10 Å². The van der Waals surface area contributed by atoms with Crippen molar-refractivity contribution in [1.29, 1.82) is 0 Å². The summed E-state index contributed by atoms with van der Waals surface area (Å²) in [5, 5.41) is 4.87. The molecule has 0 spiro atoms. The Morgan fingerprint density at radius 2 is 2.11 bits per heavy atom. The standard InChI is InChI=1S/C12H13N3O2S2/c16-19(17)7-10-11(8-19)18-12(14-10)15-13-6-9-4-2-1-3-5-9/h1-6,10-11H,7-8H2,(H,14,15)/b13-6-/t10-,11+/m1/s1.